The minimum atomic E-state index is 0.194. The van der Waals surface area contributed by atoms with Crippen LogP contribution >= 0.6 is 11.8 Å². The van der Waals surface area contributed by atoms with Crippen LogP contribution < -0.4 is 0 Å². The first kappa shape index (κ1) is 14.3. The highest BCUT2D eigenvalue weighted by Crippen LogP contribution is 2.26. The molecule has 0 heterocycles. The van der Waals surface area contributed by atoms with Gasteiger partial charge in [-0.2, -0.15) is 0 Å². The highest BCUT2D eigenvalue weighted by atomic mass is 32.2. The number of thioether (sulfide) groups is 1. The molecule has 1 rings (SSSR count). The van der Waals surface area contributed by atoms with Gasteiger partial charge in [0.05, 0.1) is 0 Å². The summed E-state index contributed by atoms with van der Waals surface area (Å²) in [6.45, 7) is 10.7. The van der Waals surface area contributed by atoms with Crippen molar-refractivity contribution < 1.29 is 4.79 Å². The van der Waals surface area contributed by atoms with Gasteiger partial charge in [-0.1, -0.05) is 70.6 Å². The summed E-state index contributed by atoms with van der Waals surface area (Å²) in [4.78, 5) is 12.1. The van der Waals surface area contributed by atoms with E-state index in [0.717, 1.165) is 17.5 Å². The summed E-state index contributed by atoms with van der Waals surface area (Å²) in [7, 11) is 0. The van der Waals surface area contributed by atoms with Crippen LogP contribution in [0.1, 0.15) is 50.5 Å². The van der Waals surface area contributed by atoms with Gasteiger partial charge in [-0.3, -0.25) is 4.79 Å². The Bertz CT molecular complexity index is 388. The molecular formula is C15H22OS. The molecule has 0 N–H and O–H groups in total. The fraction of sp³-hybridized carbons (Fsp3) is 0.533. The van der Waals surface area contributed by atoms with E-state index < -0.39 is 0 Å². The second-order valence-electron chi connectivity index (χ2n) is 5.85. The average molecular weight is 250 g/mol. The van der Waals surface area contributed by atoms with E-state index in [4.69, 9.17) is 0 Å². The van der Waals surface area contributed by atoms with E-state index in [9.17, 15) is 4.79 Å². The molecule has 0 saturated carbocycles. The van der Waals surface area contributed by atoms with Crippen molar-refractivity contribution in [2.45, 2.75) is 46.3 Å². The van der Waals surface area contributed by atoms with Crippen LogP contribution in [0, 0.1) is 5.41 Å². The van der Waals surface area contributed by atoms with Crippen molar-refractivity contribution in [3.8, 4) is 0 Å². The Labute approximate surface area is 109 Å². The molecule has 0 bridgehead atoms. The van der Waals surface area contributed by atoms with E-state index >= 15 is 0 Å². The maximum Gasteiger partial charge on any atom is 0.219 e. The minimum Gasteiger partial charge on any atom is -0.282 e. The van der Waals surface area contributed by atoms with Crippen LogP contribution in [-0.2, 0) is 6.42 Å². The Morgan fingerprint density at radius 1 is 1.24 bits per heavy atom. The van der Waals surface area contributed by atoms with Crippen LogP contribution in [-0.4, -0.2) is 10.4 Å². The SMILES string of the molecule is CC(C)SC(=O)c1ccccc1CC(C)(C)C. The quantitative estimate of drug-likeness (QED) is 0.782. The first-order valence-corrected chi connectivity index (χ1v) is 6.96. The Morgan fingerprint density at radius 2 is 1.82 bits per heavy atom. The largest absolute Gasteiger partial charge is 0.282 e. The van der Waals surface area contributed by atoms with E-state index in [2.05, 4.69) is 40.7 Å². The molecule has 0 radical (unpaired) electrons. The summed E-state index contributed by atoms with van der Waals surface area (Å²) >= 11 is 1.41. The van der Waals surface area contributed by atoms with Gasteiger partial charge < -0.3 is 0 Å². The fourth-order valence-corrected chi connectivity index (χ4v) is 2.48. The third-order valence-corrected chi connectivity index (χ3v) is 3.21. The molecule has 0 aromatic heterocycles. The molecule has 17 heavy (non-hydrogen) atoms. The molecule has 2 heteroatoms. The Hall–Kier alpha value is -0.760. The Balaban J connectivity index is 2.95. The number of hydrogen-bond acceptors (Lipinski definition) is 2. The zero-order valence-corrected chi connectivity index (χ0v) is 12.2. The summed E-state index contributed by atoms with van der Waals surface area (Å²) in [5.41, 5.74) is 2.25. The second kappa shape index (κ2) is 5.72. The molecule has 0 amide bonds. The van der Waals surface area contributed by atoms with Crippen molar-refractivity contribution in [1.29, 1.82) is 0 Å². The van der Waals surface area contributed by atoms with Gasteiger partial charge in [-0.05, 0) is 17.4 Å². The fourth-order valence-electron chi connectivity index (χ4n) is 1.72. The lowest BCUT2D eigenvalue weighted by atomic mass is 9.86. The molecule has 0 fully saturated rings. The van der Waals surface area contributed by atoms with Gasteiger partial charge in [-0.25, -0.2) is 0 Å². The van der Waals surface area contributed by atoms with Gasteiger partial charge in [0.1, 0.15) is 0 Å². The summed E-state index contributed by atoms with van der Waals surface area (Å²) in [5, 5.41) is 0.532. The predicted octanol–water partition coefficient (Wildman–Crippen LogP) is 4.56. The van der Waals surface area contributed by atoms with Gasteiger partial charge in [0.15, 0.2) is 0 Å². The lowest BCUT2D eigenvalue weighted by Crippen LogP contribution is -2.12. The third kappa shape index (κ3) is 4.95. The first-order valence-electron chi connectivity index (χ1n) is 6.08. The second-order valence-corrected chi connectivity index (χ2v) is 7.40. The molecule has 0 saturated heterocycles. The van der Waals surface area contributed by atoms with E-state index in [1.807, 2.05) is 18.2 Å². The predicted molar refractivity (Wildman–Crippen MR) is 76.7 cm³/mol. The van der Waals surface area contributed by atoms with Crippen molar-refractivity contribution in [1.82, 2.24) is 0 Å². The smallest absolute Gasteiger partial charge is 0.219 e. The Kier molecular flexibility index (Phi) is 4.81. The molecule has 94 valence electrons. The van der Waals surface area contributed by atoms with Crippen molar-refractivity contribution in [2.24, 2.45) is 5.41 Å². The standard InChI is InChI=1S/C15H22OS/c1-11(2)17-14(16)13-9-7-6-8-12(13)10-15(3,4)5/h6-9,11H,10H2,1-5H3. The maximum absolute atomic E-state index is 12.1. The lowest BCUT2D eigenvalue weighted by Gasteiger charge is -2.20. The normalized spacial score (nSPS) is 11.9. The number of hydrogen-bond donors (Lipinski definition) is 0. The van der Waals surface area contributed by atoms with Crippen molar-refractivity contribution in [3.05, 3.63) is 35.4 Å². The molecule has 0 spiro atoms. The molecule has 1 nitrogen and oxygen atoms in total. The third-order valence-electron chi connectivity index (χ3n) is 2.30. The summed E-state index contributed by atoms with van der Waals surface area (Å²) in [6, 6.07) is 7.97. The van der Waals surface area contributed by atoms with Crippen LogP contribution in [0.25, 0.3) is 0 Å². The zero-order valence-electron chi connectivity index (χ0n) is 11.4. The number of benzene rings is 1. The molecule has 1 aromatic rings. The molecular weight excluding hydrogens is 228 g/mol. The van der Waals surface area contributed by atoms with Crippen LogP contribution in [0.4, 0.5) is 0 Å². The van der Waals surface area contributed by atoms with Crippen molar-refractivity contribution >= 4 is 16.9 Å². The van der Waals surface area contributed by atoms with Gasteiger partial charge in [0, 0.05) is 10.8 Å². The Morgan fingerprint density at radius 3 is 2.35 bits per heavy atom. The van der Waals surface area contributed by atoms with E-state index in [1.165, 1.54) is 11.8 Å². The van der Waals surface area contributed by atoms with Crippen molar-refractivity contribution in [3.63, 3.8) is 0 Å². The molecule has 0 atom stereocenters. The minimum absolute atomic E-state index is 0.194. The number of rotatable bonds is 3. The number of carbonyl (C=O) groups is 1. The number of carbonyl (C=O) groups excluding carboxylic acids is 1. The van der Waals surface area contributed by atoms with Gasteiger partial charge in [0.2, 0.25) is 5.12 Å². The van der Waals surface area contributed by atoms with Crippen LogP contribution in [0.5, 0.6) is 0 Å². The summed E-state index contributed by atoms with van der Waals surface area (Å²) < 4.78 is 0. The van der Waals surface area contributed by atoms with Gasteiger partial charge >= 0.3 is 0 Å². The first-order chi connectivity index (χ1) is 7.79. The monoisotopic (exact) mass is 250 g/mol. The van der Waals surface area contributed by atoms with Crippen LogP contribution in [0.2, 0.25) is 0 Å². The summed E-state index contributed by atoms with van der Waals surface area (Å²) in [6.07, 6.45) is 0.938. The average Bonchev–Trinajstić information content (AvgIpc) is 2.14. The van der Waals surface area contributed by atoms with Crippen LogP contribution in [0.3, 0.4) is 0 Å². The molecule has 0 unspecified atom stereocenters. The van der Waals surface area contributed by atoms with E-state index in [1.54, 1.807) is 0 Å². The molecule has 0 aliphatic carbocycles. The van der Waals surface area contributed by atoms with Gasteiger partial charge in [-0.15, -0.1) is 0 Å². The highest BCUT2D eigenvalue weighted by molar-refractivity contribution is 8.14. The summed E-state index contributed by atoms with van der Waals surface area (Å²) in [5.74, 6) is 0. The van der Waals surface area contributed by atoms with Gasteiger partial charge in [0.25, 0.3) is 0 Å². The molecule has 1 aromatic carbocycles. The lowest BCUT2D eigenvalue weighted by molar-refractivity contribution is 0.108. The van der Waals surface area contributed by atoms with E-state index in [-0.39, 0.29) is 10.5 Å². The zero-order chi connectivity index (χ0) is 13.1. The highest BCUT2D eigenvalue weighted by Gasteiger charge is 2.18. The maximum atomic E-state index is 12.1. The topological polar surface area (TPSA) is 17.1 Å². The van der Waals surface area contributed by atoms with Crippen molar-refractivity contribution in [2.75, 3.05) is 0 Å². The van der Waals surface area contributed by atoms with E-state index in [0.29, 0.717) is 5.25 Å². The molecule has 0 aliphatic rings. The molecule has 0 aliphatic heterocycles. The van der Waals surface area contributed by atoms with Crippen LogP contribution in [0.15, 0.2) is 24.3 Å².